The Morgan fingerprint density at radius 1 is 1.55 bits per heavy atom. The van der Waals surface area contributed by atoms with Crippen LogP contribution in [0.15, 0.2) is 42.2 Å². The molecular weight excluding hydrogens is 363 g/mol. The lowest BCUT2D eigenvalue weighted by Crippen LogP contribution is -2.40. The summed E-state index contributed by atoms with van der Waals surface area (Å²) in [5.74, 6) is 0.938. The van der Waals surface area contributed by atoms with Crippen molar-refractivity contribution in [1.82, 2.24) is 15.2 Å². The Morgan fingerprint density at radius 2 is 2.35 bits per heavy atom. The molecule has 0 fully saturated rings. The Balaban J connectivity index is 0.00000361. The molecule has 0 aliphatic carbocycles. The highest BCUT2D eigenvalue weighted by atomic mass is 127. The maximum atomic E-state index is 4.29. The SMILES string of the molecule is C=CCCCN(C)C(=NC)NCCc1cccnc1.I. The van der Waals surface area contributed by atoms with Crippen molar-refractivity contribution >= 4 is 29.9 Å². The van der Waals surface area contributed by atoms with Crippen LogP contribution in [0.1, 0.15) is 18.4 Å². The summed E-state index contributed by atoms with van der Waals surface area (Å²) in [6, 6.07) is 4.05. The summed E-state index contributed by atoms with van der Waals surface area (Å²) >= 11 is 0. The number of rotatable bonds is 7. The van der Waals surface area contributed by atoms with E-state index in [2.05, 4.69) is 39.9 Å². The molecule has 0 amide bonds. The zero-order valence-corrected chi connectivity index (χ0v) is 14.7. The molecule has 1 rings (SSSR count). The second-order valence-electron chi connectivity index (χ2n) is 4.44. The van der Waals surface area contributed by atoms with Crippen LogP contribution in [-0.4, -0.2) is 43.0 Å². The smallest absolute Gasteiger partial charge is 0.193 e. The Hall–Kier alpha value is -1.11. The molecule has 0 atom stereocenters. The molecule has 4 nitrogen and oxygen atoms in total. The second-order valence-corrected chi connectivity index (χ2v) is 4.44. The lowest BCUT2D eigenvalue weighted by Gasteiger charge is -2.21. The zero-order chi connectivity index (χ0) is 13.9. The number of nitrogens with zero attached hydrogens (tertiary/aromatic N) is 3. The van der Waals surface area contributed by atoms with Gasteiger partial charge in [0.2, 0.25) is 0 Å². The Bertz CT molecular complexity index is 392. The molecule has 20 heavy (non-hydrogen) atoms. The lowest BCUT2D eigenvalue weighted by molar-refractivity contribution is 0.470. The monoisotopic (exact) mass is 388 g/mol. The van der Waals surface area contributed by atoms with Crippen LogP contribution in [0.5, 0.6) is 0 Å². The minimum Gasteiger partial charge on any atom is -0.356 e. The molecule has 1 aromatic rings. The van der Waals surface area contributed by atoms with Crippen molar-refractivity contribution in [2.24, 2.45) is 4.99 Å². The predicted molar refractivity (Wildman–Crippen MR) is 96.8 cm³/mol. The third kappa shape index (κ3) is 7.47. The first kappa shape index (κ1) is 18.9. The van der Waals surface area contributed by atoms with Crippen LogP contribution < -0.4 is 5.32 Å². The van der Waals surface area contributed by atoms with Crippen LogP contribution in [0, 0.1) is 0 Å². The fourth-order valence-electron chi connectivity index (χ4n) is 1.83. The van der Waals surface area contributed by atoms with Crippen molar-refractivity contribution in [2.75, 3.05) is 27.2 Å². The molecule has 5 heteroatoms. The summed E-state index contributed by atoms with van der Waals surface area (Å²) in [6.07, 6.45) is 8.74. The molecule has 0 aliphatic heterocycles. The van der Waals surface area contributed by atoms with Crippen molar-refractivity contribution < 1.29 is 0 Å². The summed E-state index contributed by atoms with van der Waals surface area (Å²) in [5, 5.41) is 3.37. The number of aromatic nitrogens is 1. The standard InChI is InChI=1S/C15H24N4.HI/c1-4-5-6-12-19(3)15(16-2)18-11-9-14-8-7-10-17-13-14;/h4,7-8,10,13H,1,5-6,9,11-12H2,2-3H3,(H,16,18);1H. The Labute approximate surface area is 139 Å². The molecule has 0 unspecified atom stereocenters. The van der Waals surface area contributed by atoms with Crippen molar-refractivity contribution in [3.63, 3.8) is 0 Å². The van der Waals surface area contributed by atoms with Gasteiger partial charge in [-0.1, -0.05) is 12.1 Å². The number of aliphatic imine (C=N–C) groups is 1. The fraction of sp³-hybridized carbons (Fsp3) is 0.467. The van der Waals surface area contributed by atoms with Gasteiger partial charge in [-0.3, -0.25) is 9.98 Å². The van der Waals surface area contributed by atoms with Gasteiger partial charge in [0, 0.05) is 39.6 Å². The molecule has 1 N–H and O–H groups in total. The first-order valence-electron chi connectivity index (χ1n) is 6.69. The molecule has 1 heterocycles. The van der Waals surface area contributed by atoms with Gasteiger partial charge in [0.1, 0.15) is 0 Å². The van der Waals surface area contributed by atoms with Crippen molar-refractivity contribution in [3.8, 4) is 0 Å². The highest BCUT2D eigenvalue weighted by Gasteiger charge is 2.04. The van der Waals surface area contributed by atoms with Crippen LogP contribution in [0.4, 0.5) is 0 Å². The lowest BCUT2D eigenvalue weighted by atomic mass is 10.2. The average molecular weight is 388 g/mol. The van der Waals surface area contributed by atoms with Crippen LogP contribution in [0.2, 0.25) is 0 Å². The zero-order valence-electron chi connectivity index (χ0n) is 12.4. The molecule has 0 saturated heterocycles. The third-order valence-electron chi connectivity index (χ3n) is 2.89. The van der Waals surface area contributed by atoms with Gasteiger partial charge in [0.15, 0.2) is 5.96 Å². The maximum absolute atomic E-state index is 4.29. The molecule has 0 radical (unpaired) electrons. The summed E-state index contributed by atoms with van der Waals surface area (Å²) in [4.78, 5) is 10.5. The third-order valence-corrected chi connectivity index (χ3v) is 2.89. The van der Waals surface area contributed by atoms with Gasteiger partial charge in [-0.05, 0) is 30.9 Å². The summed E-state index contributed by atoms with van der Waals surface area (Å²) in [7, 11) is 3.87. The van der Waals surface area contributed by atoms with E-state index in [-0.39, 0.29) is 24.0 Å². The highest BCUT2D eigenvalue weighted by Crippen LogP contribution is 1.97. The normalized spacial score (nSPS) is 10.6. The molecule has 1 aromatic heterocycles. The largest absolute Gasteiger partial charge is 0.356 e. The number of pyridine rings is 1. The number of hydrogen-bond acceptors (Lipinski definition) is 2. The molecule has 0 bridgehead atoms. The maximum Gasteiger partial charge on any atom is 0.193 e. The van der Waals surface area contributed by atoms with E-state index in [1.807, 2.05) is 25.4 Å². The van der Waals surface area contributed by atoms with Gasteiger partial charge < -0.3 is 10.2 Å². The van der Waals surface area contributed by atoms with E-state index >= 15 is 0 Å². The van der Waals surface area contributed by atoms with Gasteiger partial charge >= 0.3 is 0 Å². The van der Waals surface area contributed by atoms with Crippen LogP contribution in [0.25, 0.3) is 0 Å². The Morgan fingerprint density at radius 3 is 2.95 bits per heavy atom. The number of nitrogens with one attached hydrogen (secondary N) is 1. The summed E-state index contributed by atoms with van der Waals surface area (Å²) in [6.45, 7) is 5.59. The number of allylic oxidation sites excluding steroid dienone is 1. The van der Waals surface area contributed by atoms with Crippen LogP contribution >= 0.6 is 24.0 Å². The Kier molecular flexibility index (Phi) is 11.0. The van der Waals surface area contributed by atoms with E-state index in [4.69, 9.17) is 0 Å². The van der Waals surface area contributed by atoms with Crippen molar-refractivity contribution in [1.29, 1.82) is 0 Å². The summed E-state index contributed by atoms with van der Waals surface area (Å²) < 4.78 is 0. The average Bonchev–Trinajstić information content (AvgIpc) is 2.45. The summed E-state index contributed by atoms with van der Waals surface area (Å²) in [5.41, 5.74) is 1.24. The van der Waals surface area contributed by atoms with Gasteiger partial charge in [0.05, 0.1) is 0 Å². The van der Waals surface area contributed by atoms with Gasteiger partial charge in [-0.25, -0.2) is 0 Å². The van der Waals surface area contributed by atoms with E-state index in [0.29, 0.717) is 0 Å². The highest BCUT2D eigenvalue weighted by molar-refractivity contribution is 14.0. The molecule has 0 spiro atoms. The first-order valence-corrected chi connectivity index (χ1v) is 6.69. The fourth-order valence-corrected chi connectivity index (χ4v) is 1.83. The number of hydrogen-bond donors (Lipinski definition) is 1. The first-order chi connectivity index (χ1) is 9.27. The van der Waals surface area contributed by atoms with Gasteiger partial charge in [-0.15, -0.1) is 30.6 Å². The minimum absolute atomic E-state index is 0. The van der Waals surface area contributed by atoms with Crippen molar-refractivity contribution in [2.45, 2.75) is 19.3 Å². The number of halogens is 1. The van der Waals surface area contributed by atoms with E-state index < -0.39 is 0 Å². The molecule has 0 aliphatic rings. The quantitative estimate of drug-likeness (QED) is 0.257. The predicted octanol–water partition coefficient (Wildman–Crippen LogP) is 2.72. The van der Waals surface area contributed by atoms with E-state index in [1.165, 1.54) is 5.56 Å². The van der Waals surface area contributed by atoms with Crippen LogP contribution in [-0.2, 0) is 6.42 Å². The van der Waals surface area contributed by atoms with Gasteiger partial charge in [-0.2, -0.15) is 0 Å². The second kappa shape index (κ2) is 11.7. The number of guanidine groups is 1. The van der Waals surface area contributed by atoms with Gasteiger partial charge in [0.25, 0.3) is 0 Å². The molecule has 0 aromatic carbocycles. The van der Waals surface area contributed by atoms with E-state index in [9.17, 15) is 0 Å². The van der Waals surface area contributed by atoms with E-state index in [0.717, 1.165) is 38.3 Å². The topological polar surface area (TPSA) is 40.5 Å². The van der Waals surface area contributed by atoms with Crippen LogP contribution in [0.3, 0.4) is 0 Å². The molecule has 0 saturated carbocycles. The van der Waals surface area contributed by atoms with E-state index in [1.54, 1.807) is 6.20 Å². The van der Waals surface area contributed by atoms with Crippen molar-refractivity contribution in [3.05, 3.63) is 42.7 Å². The number of unbranched alkanes of at least 4 members (excludes halogenated alkanes) is 1. The minimum atomic E-state index is 0. The molecule has 112 valence electrons. The molecular formula is C15H25IN4.